The second kappa shape index (κ2) is 7.17. The molecular weight excluding hydrogens is 272 g/mol. The van der Waals surface area contributed by atoms with Gasteiger partial charge in [0.1, 0.15) is 0 Å². The van der Waals surface area contributed by atoms with E-state index in [9.17, 15) is 4.79 Å². The number of hydrogen-bond donors (Lipinski definition) is 2. The number of ether oxygens (including phenoxy) is 3. The summed E-state index contributed by atoms with van der Waals surface area (Å²) in [4.78, 5) is 12.2. The first-order chi connectivity index (χ1) is 10.2. The van der Waals surface area contributed by atoms with E-state index in [1.165, 1.54) is 34.2 Å². The van der Waals surface area contributed by atoms with Gasteiger partial charge < -0.3 is 24.8 Å². The number of amides is 1. The summed E-state index contributed by atoms with van der Waals surface area (Å²) in [5, 5.41) is 6.21. The summed E-state index contributed by atoms with van der Waals surface area (Å²) in [6.45, 7) is 1.37. The monoisotopic (exact) mass is 294 g/mol. The van der Waals surface area contributed by atoms with E-state index in [1.54, 1.807) is 12.1 Å². The molecular formula is C15H22N2O4. The zero-order valence-electron chi connectivity index (χ0n) is 12.7. The third-order valence-electron chi connectivity index (χ3n) is 3.35. The van der Waals surface area contributed by atoms with Crippen molar-refractivity contribution < 1.29 is 19.0 Å². The standard InChI is InChI=1S/C15H22N2O4/c1-19-12-8-10(9-13(20-2)14(12)21-3)15(18)17-7-6-16-11-4-5-11/h8-9,11,16H,4-7H2,1-3H3,(H,17,18). The predicted molar refractivity (Wildman–Crippen MR) is 79.5 cm³/mol. The molecule has 0 bridgehead atoms. The van der Waals surface area contributed by atoms with Crippen LogP contribution in [0.4, 0.5) is 0 Å². The van der Waals surface area contributed by atoms with Crippen LogP contribution in [0.3, 0.4) is 0 Å². The highest BCUT2D eigenvalue weighted by atomic mass is 16.5. The number of methoxy groups -OCH3 is 3. The number of hydrogen-bond acceptors (Lipinski definition) is 5. The van der Waals surface area contributed by atoms with E-state index in [1.807, 2.05) is 0 Å². The van der Waals surface area contributed by atoms with E-state index in [0.29, 0.717) is 35.4 Å². The van der Waals surface area contributed by atoms with Crippen LogP contribution in [-0.2, 0) is 0 Å². The maximum Gasteiger partial charge on any atom is 0.251 e. The van der Waals surface area contributed by atoms with E-state index < -0.39 is 0 Å². The molecule has 0 atom stereocenters. The lowest BCUT2D eigenvalue weighted by molar-refractivity contribution is 0.0953. The number of carbonyl (C=O) groups excluding carboxylic acids is 1. The maximum absolute atomic E-state index is 12.2. The predicted octanol–water partition coefficient (Wildman–Crippen LogP) is 1.19. The Balaban J connectivity index is 2.01. The van der Waals surface area contributed by atoms with E-state index >= 15 is 0 Å². The molecule has 21 heavy (non-hydrogen) atoms. The summed E-state index contributed by atoms with van der Waals surface area (Å²) >= 11 is 0. The van der Waals surface area contributed by atoms with Crippen LogP contribution in [0.15, 0.2) is 12.1 Å². The van der Waals surface area contributed by atoms with Gasteiger partial charge in [0.15, 0.2) is 11.5 Å². The molecule has 2 rings (SSSR count). The molecule has 1 saturated carbocycles. The largest absolute Gasteiger partial charge is 0.493 e. The molecule has 0 aromatic heterocycles. The van der Waals surface area contributed by atoms with Gasteiger partial charge in [0.2, 0.25) is 5.75 Å². The van der Waals surface area contributed by atoms with Gasteiger partial charge in [-0.05, 0) is 25.0 Å². The van der Waals surface area contributed by atoms with Crippen molar-refractivity contribution in [1.82, 2.24) is 10.6 Å². The average Bonchev–Trinajstić information content (AvgIpc) is 3.33. The molecule has 1 aliphatic rings. The Bertz CT molecular complexity index is 475. The van der Waals surface area contributed by atoms with Gasteiger partial charge in [-0.3, -0.25) is 4.79 Å². The van der Waals surface area contributed by atoms with Crippen LogP contribution in [0, 0.1) is 0 Å². The molecule has 1 fully saturated rings. The van der Waals surface area contributed by atoms with Crippen LogP contribution in [0.1, 0.15) is 23.2 Å². The molecule has 0 radical (unpaired) electrons. The summed E-state index contributed by atoms with van der Waals surface area (Å²) < 4.78 is 15.7. The minimum absolute atomic E-state index is 0.160. The smallest absolute Gasteiger partial charge is 0.251 e. The first kappa shape index (κ1) is 15.4. The Morgan fingerprint density at radius 1 is 1.10 bits per heavy atom. The highest BCUT2D eigenvalue weighted by Crippen LogP contribution is 2.38. The molecule has 0 spiro atoms. The molecule has 1 aromatic rings. The molecule has 2 N–H and O–H groups in total. The lowest BCUT2D eigenvalue weighted by Crippen LogP contribution is -2.32. The first-order valence-corrected chi connectivity index (χ1v) is 7.01. The molecule has 0 aliphatic heterocycles. The Morgan fingerprint density at radius 2 is 1.71 bits per heavy atom. The zero-order chi connectivity index (χ0) is 15.2. The van der Waals surface area contributed by atoms with Gasteiger partial charge in [-0.15, -0.1) is 0 Å². The zero-order valence-corrected chi connectivity index (χ0v) is 12.7. The van der Waals surface area contributed by atoms with Crippen molar-refractivity contribution in [1.29, 1.82) is 0 Å². The third-order valence-corrected chi connectivity index (χ3v) is 3.35. The van der Waals surface area contributed by atoms with Crippen molar-refractivity contribution in [2.45, 2.75) is 18.9 Å². The Hall–Kier alpha value is -1.95. The molecule has 0 saturated heterocycles. The minimum Gasteiger partial charge on any atom is -0.493 e. The van der Waals surface area contributed by atoms with E-state index in [-0.39, 0.29) is 5.91 Å². The van der Waals surface area contributed by atoms with Gasteiger partial charge in [0, 0.05) is 24.7 Å². The summed E-state index contributed by atoms with van der Waals surface area (Å²) in [5.74, 6) is 1.26. The van der Waals surface area contributed by atoms with Crippen molar-refractivity contribution in [3.05, 3.63) is 17.7 Å². The minimum atomic E-state index is -0.160. The summed E-state index contributed by atoms with van der Waals surface area (Å²) in [7, 11) is 4.58. The molecule has 1 aliphatic carbocycles. The summed E-state index contributed by atoms with van der Waals surface area (Å²) in [6.07, 6.45) is 2.47. The average molecular weight is 294 g/mol. The molecule has 0 unspecified atom stereocenters. The highest BCUT2D eigenvalue weighted by Gasteiger charge is 2.20. The molecule has 116 valence electrons. The number of rotatable bonds is 8. The van der Waals surface area contributed by atoms with Crippen LogP contribution in [0.2, 0.25) is 0 Å². The number of carbonyl (C=O) groups is 1. The molecule has 1 aromatic carbocycles. The second-order valence-electron chi connectivity index (χ2n) is 4.90. The topological polar surface area (TPSA) is 68.8 Å². The fourth-order valence-electron chi connectivity index (χ4n) is 2.05. The van der Waals surface area contributed by atoms with Crippen molar-refractivity contribution in [3.63, 3.8) is 0 Å². The summed E-state index contributed by atoms with van der Waals surface area (Å²) in [6, 6.07) is 3.93. The lowest BCUT2D eigenvalue weighted by atomic mass is 10.1. The van der Waals surface area contributed by atoms with Gasteiger partial charge in [-0.1, -0.05) is 0 Å². The lowest BCUT2D eigenvalue weighted by Gasteiger charge is -2.14. The fourth-order valence-corrected chi connectivity index (χ4v) is 2.05. The number of nitrogens with one attached hydrogen (secondary N) is 2. The molecule has 1 amide bonds. The van der Waals surface area contributed by atoms with Crippen molar-refractivity contribution in [2.75, 3.05) is 34.4 Å². The van der Waals surface area contributed by atoms with Gasteiger partial charge >= 0.3 is 0 Å². The quantitative estimate of drug-likeness (QED) is 0.705. The molecule has 0 heterocycles. The van der Waals surface area contributed by atoms with Crippen LogP contribution in [0.25, 0.3) is 0 Å². The SMILES string of the molecule is COc1cc(C(=O)NCCNC2CC2)cc(OC)c1OC. The highest BCUT2D eigenvalue weighted by molar-refractivity contribution is 5.95. The Kier molecular flexibility index (Phi) is 5.27. The molecule has 6 nitrogen and oxygen atoms in total. The summed E-state index contributed by atoms with van der Waals surface area (Å²) in [5.41, 5.74) is 0.482. The van der Waals surface area contributed by atoms with Crippen LogP contribution < -0.4 is 24.8 Å². The number of benzene rings is 1. The van der Waals surface area contributed by atoms with E-state index in [4.69, 9.17) is 14.2 Å². The Labute approximate surface area is 124 Å². The van der Waals surface area contributed by atoms with Crippen molar-refractivity contribution in [3.8, 4) is 17.2 Å². The third kappa shape index (κ3) is 4.01. The van der Waals surface area contributed by atoms with E-state index in [0.717, 1.165) is 6.54 Å². The van der Waals surface area contributed by atoms with Crippen LogP contribution >= 0.6 is 0 Å². The van der Waals surface area contributed by atoms with Crippen LogP contribution in [-0.4, -0.2) is 46.4 Å². The van der Waals surface area contributed by atoms with Crippen molar-refractivity contribution >= 4 is 5.91 Å². The second-order valence-corrected chi connectivity index (χ2v) is 4.90. The van der Waals surface area contributed by atoms with Gasteiger partial charge in [0.05, 0.1) is 21.3 Å². The fraction of sp³-hybridized carbons (Fsp3) is 0.533. The van der Waals surface area contributed by atoms with Gasteiger partial charge in [-0.2, -0.15) is 0 Å². The van der Waals surface area contributed by atoms with Gasteiger partial charge in [0.25, 0.3) is 5.91 Å². The molecule has 6 heteroatoms. The van der Waals surface area contributed by atoms with Crippen LogP contribution in [0.5, 0.6) is 17.2 Å². The van der Waals surface area contributed by atoms with Crippen molar-refractivity contribution in [2.24, 2.45) is 0 Å². The van der Waals surface area contributed by atoms with E-state index in [2.05, 4.69) is 10.6 Å². The first-order valence-electron chi connectivity index (χ1n) is 7.01. The Morgan fingerprint density at radius 3 is 2.19 bits per heavy atom. The normalized spacial score (nSPS) is 13.7. The van der Waals surface area contributed by atoms with Gasteiger partial charge in [-0.25, -0.2) is 0 Å². The maximum atomic E-state index is 12.2.